The topological polar surface area (TPSA) is 69.9 Å². The van der Waals surface area contributed by atoms with Crippen molar-refractivity contribution in [1.29, 1.82) is 0 Å². The molecule has 0 unspecified atom stereocenters. The van der Waals surface area contributed by atoms with Crippen LogP contribution in [-0.2, 0) is 16.6 Å². The summed E-state index contributed by atoms with van der Waals surface area (Å²) in [5.41, 5.74) is 0.935. The Hall–Kier alpha value is -2.32. The molecular weight excluding hydrogens is 372 g/mol. The van der Waals surface area contributed by atoms with Gasteiger partial charge in [0.2, 0.25) is 4.80 Å². The van der Waals surface area contributed by atoms with Gasteiger partial charge in [0.1, 0.15) is 11.5 Å². The first-order valence-electron chi connectivity index (χ1n) is 8.19. The minimum atomic E-state index is -3.81. The first-order valence-corrected chi connectivity index (χ1v) is 10.5. The van der Waals surface area contributed by atoms with E-state index >= 15 is 0 Å². The van der Waals surface area contributed by atoms with Crippen LogP contribution in [0.4, 0.5) is 0 Å². The van der Waals surface area contributed by atoms with Crippen LogP contribution < -0.4 is 14.3 Å². The van der Waals surface area contributed by atoms with Crippen molar-refractivity contribution in [1.82, 2.24) is 4.57 Å². The van der Waals surface area contributed by atoms with Crippen LogP contribution in [0.25, 0.3) is 10.2 Å². The second-order valence-electron chi connectivity index (χ2n) is 5.43. The van der Waals surface area contributed by atoms with Gasteiger partial charge in [0.25, 0.3) is 10.0 Å². The van der Waals surface area contributed by atoms with Gasteiger partial charge >= 0.3 is 0 Å². The highest BCUT2D eigenvalue weighted by Gasteiger charge is 2.15. The van der Waals surface area contributed by atoms with Crippen LogP contribution in [0.2, 0.25) is 0 Å². The third kappa shape index (κ3) is 3.61. The van der Waals surface area contributed by atoms with E-state index in [4.69, 9.17) is 9.47 Å². The Morgan fingerprint density at radius 2 is 1.77 bits per heavy atom. The molecule has 138 valence electrons. The molecule has 0 spiro atoms. The number of benzene rings is 2. The van der Waals surface area contributed by atoms with Gasteiger partial charge in [-0.2, -0.15) is 8.42 Å². The number of aromatic nitrogens is 1. The van der Waals surface area contributed by atoms with Gasteiger partial charge < -0.3 is 14.0 Å². The minimum absolute atomic E-state index is 0.133. The van der Waals surface area contributed by atoms with Crippen LogP contribution in [0.3, 0.4) is 0 Å². The zero-order chi connectivity index (χ0) is 18.7. The molecule has 0 fully saturated rings. The molecular formula is C18H20N2O4S2. The molecule has 0 atom stereocenters. The molecule has 0 amide bonds. The highest BCUT2D eigenvalue weighted by Crippen LogP contribution is 2.24. The van der Waals surface area contributed by atoms with Gasteiger partial charge in [-0.3, -0.25) is 0 Å². The monoisotopic (exact) mass is 392 g/mol. The fourth-order valence-corrected chi connectivity index (χ4v) is 4.91. The van der Waals surface area contributed by atoms with E-state index in [1.165, 1.54) is 30.6 Å². The van der Waals surface area contributed by atoms with Gasteiger partial charge in [-0.15, -0.1) is 4.40 Å². The second kappa shape index (κ2) is 7.51. The summed E-state index contributed by atoms with van der Waals surface area (Å²) in [5, 5.41) is 0. The number of nitrogens with zero attached hydrogens (tertiary/aromatic N) is 2. The number of hydrogen-bond acceptors (Lipinski definition) is 5. The highest BCUT2D eigenvalue weighted by atomic mass is 32.2. The Balaban J connectivity index is 2.12. The summed E-state index contributed by atoms with van der Waals surface area (Å²) in [6, 6.07) is 11.9. The number of thiazole rings is 1. The molecule has 0 aliphatic heterocycles. The lowest BCUT2D eigenvalue weighted by Crippen LogP contribution is -2.16. The van der Waals surface area contributed by atoms with Crippen LogP contribution >= 0.6 is 11.3 Å². The first-order chi connectivity index (χ1) is 12.5. The summed E-state index contributed by atoms with van der Waals surface area (Å²) in [6.45, 7) is 5.08. The van der Waals surface area contributed by atoms with Gasteiger partial charge in [0.05, 0.1) is 28.8 Å². The molecule has 0 saturated carbocycles. The molecule has 0 N–H and O–H groups in total. The van der Waals surface area contributed by atoms with Crippen LogP contribution in [0.1, 0.15) is 13.8 Å². The number of hydrogen-bond donors (Lipinski definition) is 0. The molecule has 6 nitrogen and oxygen atoms in total. The summed E-state index contributed by atoms with van der Waals surface area (Å²) < 4.78 is 42.8. The van der Waals surface area contributed by atoms with Crippen molar-refractivity contribution >= 4 is 31.6 Å². The van der Waals surface area contributed by atoms with Gasteiger partial charge in [-0.05, 0) is 56.3 Å². The SMILES string of the molecule is CCOc1ccc2c(c1)sc(=NS(=O)(=O)c1ccc(OC)cc1)n2CC. The van der Waals surface area contributed by atoms with Gasteiger partial charge in [0, 0.05) is 6.54 Å². The largest absolute Gasteiger partial charge is 0.497 e. The van der Waals surface area contributed by atoms with Gasteiger partial charge in [-0.25, -0.2) is 0 Å². The zero-order valence-corrected chi connectivity index (χ0v) is 16.4. The van der Waals surface area contributed by atoms with Gasteiger partial charge in [-0.1, -0.05) is 11.3 Å². The number of methoxy groups -OCH3 is 1. The van der Waals surface area contributed by atoms with Crippen LogP contribution in [0.5, 0.6) is 11.5 Å². The lowest BCUT2D eigenvalue weighted by Gasteiger charge is -2.04. The molecule has 0 saturated heterocycles. The van der Waals surface area contributed by atoms with Crippen molar-refractivity contribution in [3.63, 3.8) is 0 Å². The standard InChI is InChI=1S/C18H20N2O4S2/c1-4-20-16-11-8-14(24-5-2)12-17(16)25-18(20)19-26(21,22)15-9-6-13(23-3)7-10-15/h6-12H,4-5H2,1-3H3. The van der Waals surface area contributed by atoms with E-state index < -0.39 is 10.0 Å². The fourth-order valence-electron chi connectivity index (χ4n) is 2.59. The molecule has 0 aliphatic carbocycles. The van der Waals surface area contributed by atoms with Crippen molar-refractivity contribution in [2.24, 2.45) is 4.40 Å². The maximum atomic E-state index is 12.7. The average Bonchev–Trinajstić information content (AvgIpc) is 2.97. The van der Waals surface area contributed by atoms with E-state index in [1.807, 2.05) is 36.6 Å². The van der Waals surface area contributed by atoms with E-state index in [0.717, 1.165) is 16.0 Å². The Morgan fingerprint density at radius 1 is 1.08 bits per heavy atom. The number of aryl methyl sites for hydroxylation is 1. The predicted molar refractivity (Wildman–Crippen MR) is 102 cm³/mol. The molecule has 0 aliphatic rings. The summed E-state index contributed by atoms with van der Waals surface area (Å²) in [7, 11) is -2.28. The van der Waals surface area contributed by atoms with Crippen molar-refractivity contribution < 1.29 is 17.9 Å². The number of rotatable bonds is 6. The van der Waals surface area contributed by atoms with E-state index in [1.54, 1.807) is 12.1 Å². The average molecular weight is 393 g/mol. The molecule has 0 radical (unpaired) electrons. The Bertz CT molecular complexity index is 1080. The molecule has 26 heavy (non-hydrogen) atoms. The number of fused-ring (bicyclic) bond motifs is 1. The summed E-state index contributed by atoms with van der Waals surface area (Å²) >= 11 is 1.33. The Kier molecular flexibility index (Phi) is 5.33. The van der Waals surface area contributed by atoms with Gasteiger partial charge in [0.15, 0.2) is 0 Å². The lowest BCUT2D eigenvalue weighted by atomic mass is 10.3. The van der Waals surface area contributed by atoms with Crippen molar-refractivity contribution in [3.8, 4) is 11.5 Å². The molecule has 3 rings (SSSR count). The third-order valence-corrected chi connectivity index (χ3v) is 6.27. The van der Waals surface area contributed by atoms with Crippen molar-refractivity contribution in [2.45, 2.75) is 25.3 Å². The molecule has 3 aromatic rings. The smallest absolute Gasteiger partial charge is 0.285 e. The maximum absolute atomic E-state index is 12.7. The van der Waals surface area contributed by atoms with Crippen molar-refractivity contribution in [2.75, 3.05) is 13.7 Å². The molecule has 8 heteroatoms. The van der Waals surface area contributed by atoms with Crippen LogP contribution in [0, 0.1) is 0 Å². The minimum Gasteiger partial charge on any atom is -0.497 e. The van der Waals surface area contributed by atoms with Crippen LogP contribution in [-0.4, -0.2) is 26.7 Å². The summed E-state index contributed by atoms with van der Waals surface area (Å²) in [4.78, 5) is 0.570. The normalized spacial score (nSPS) is 12.5. The van der Waals surface area contributed by atoms with E-state index in [9.17, 15) is 8.42 Å². The van der Waals surface area contributed by atoms with E-state index in [2.05, 4.69) is 4.40 Å². The van der Waals surface area contributed by atoms with Crippen molar-refractivity contribution in [3.05, 3.63) is 47.3 Å². The Morgan fingerprint density at radius 3 is 2.38 bits per heavy atom. The zero-order valence-electron chi connectivity index (χ0n) is 14.8. The highest BCUT2D eigenvalue weighted by molar-refractivity contribution is 7.90. The summed E-state index contributed by atoms with van der Waals surface area (Å²) in [6.07, 6.45) is 0. The molecule has 0 bridgehead atoms. The predicted octanol–water partition coefficient (Wildman–Crippen LogP) is 3.42. The second-order valence-corrected chi connectivity index (χ2v) is 8.05. The molecule has 1 heterocycles. The van der Waals surface area contributed by atoms with E-state index in [-0.39, 0.29) is 4.90 Å². The number of ether oxygens (including phenoxy) is 2. The third-order valence-electron chi connectivity index (χ3n) is 3.84. The summed E-state index contributed by atoms with van der Waals surface area (Å²) in [5.74, 6) is 1.35. The molecule has 2 aromatic carbocycles. The lowest BCUT2D eigenvalue weighted by molar-refractivity contribution is 0.341. The molecule has 1 aromatic heterocycles. The first kappa shape index (κ1) is 18.5. The quantitative estimate of drug-likeness (QED) is 0.644. The maximum Gasteiger partial charge on any atom is 0.285 e. The van der Waals surface area contributed by atoms with Crippen LogP contribution in [0.15, 0.2) is 51.8 Å². The van der Waals surface area contributed by atoms with E-state index in [0.29, 0.717) is 23.7 Å². The Labute approximate surface area is 156 Å². The fraction of sp³-hybridized carbons (Fsp3) is 0.278. The number of sulfonamides is 1.